The molecule has 4 heteroatoms. The van der Waals surface area contributed by atoms with E-state index in [1.54, 1.807) is 0 Å². The van der Waals surface area contributed by atoms with E-state index in [9.17, 15) is 0 Å². The van der Waals surface area contributed by atoms with Gasteiger partial charge in [-0.25, -0.2) is 4.98 Å². The van der Waals surface area contributed by atoms with Gasteiger partial charge in [0, 0.05) is 18.6 Å². The molecule has 1 aliphatic rings. The Balaban J connectivity index is 1.28. The van der Waals surface area contributed by atoms with E-state index in [1.165, 1.54) is 27.6 Å². The molecular weight excluding hydrogens is 418 g/mol. The van der Waals surface area contributed by atoms with Crippen LogP contribution in [0.25, 0.3) is 33.1 Å². The van der Waals surface area contributed by atoms with Gasteiger partial charge in [-0.1, -0.05) is 37.3 Å². The zero-order chi connectivity index (χ0) is 23.1. The molecular formula is C30H29N3O. The van der Waals surface area contributed by atoms with Gasteiger partial charge in [0.25, 0.3) is 0 Å². The van der Waals surface area contributed by atoms with Crippen LogP contribution in [0.15, 0.2) is 79.3 Å². The first-order valence-electron chi connectivity index (χ1n) is 12.2. The van der Waals surface area contributed by atoms with Crippen LogP contribution in [-0.4, -0.2) is 21.1 Å². The first-order chi connectivity index (χ1) is 16.7. The highest BCUT2D eigenvalue weighted by molar-refractivity contribution is 5.83. The molecule has 2 aromatic heterocycles. The fraction of sp³-hybridized carbons (Fsp3) is 0.267. The molecule has 0 radical (unpaired) electrons. The molecule has 2 atom stereocenters. The molecule has 2 unspecified atom stereocenters. The Bertz CT molecular complexity index is 1480. The molecule has 0 saturated heterocycles. The highest BCUT2D eigenvalue weighted by atomic mass is 16.5. The van der Waals surface area contributed by atoms with Crippen LogP contribution in [0, 0.1) is 11.8 Å². The number of nitrogens with zero attached hydrogens (tertiary/aromatic N) is 3. The molecule has 0 spiro atoms. The van der Waals surface area contributed by atoms with Crippen LogP contribution in [0.4, 0.5) is 0 Å². The van der Waals surface area contributed by atoms with Crippen LogP contribution in [0.5, 0.6) is 5.75 Å². The topological polar surface area (TPSA) is 39.9 Å². The van der Waals surface area contributed by atoms with E-state index < -0.39 is 0 Å². The van der Waals surface area contributed by atoms with Crippen molar-refractivity contribution >= 4 is 21.9 Å². The molecule has 3 aromatic carbocycles. The fourth-order valence-corrected chi connectivity index (χ4v) is 5.41. The summed E-state index contributed by atoms with van der Waals surface area (Å²) < 4.78 is 8.33. The van der Waals surface area contributed by atoms with Gasteiger partial charge in [-0.3, -0.25) is 4.98 Å². The highest BCUT2D eigenvalue weighted by Crippen LogP contribution is 2.35. The second-order valence-electron chi connectivity index (χ2n) is 9.65. The summed E-state index contributed by atoms with van der Waals surface area (Å²) in [6, 6.07) is 23.8. The van der Waals surface area contributed by atoms with Crippen molar-refractivity contribution in [2.75, 3.05) is 6.61 Å². The van der Waals surface area contributed by atoms with Crippen molar-refractivity contribution in [1.82, 2.24) is 14.5 Å². The number of ether oxygens (including phenoxy) is 1. The Labute approximate surface area is 200 Å². The van der Waals surface area contributed by atoms with Crippen LogP contribution in [0.1, 0.15) is 24.5 Å². The van der Waals surface area contributed by atoms with E-state index in [-0.39, 0.29) is 0 Å². The summed E-state index contributed by atoms with van der Waals surface area (Å²) >= 11 is 0. The fourth-order valence-electron chi connectivity index (χ4n) is 5.41. The molecule has 0 saturated carbocycles. The third-order valence-electron chi connectivity index (χ3n) is 7.43. The number of hydrogen-bond acceptors (Lipinski definition) is 3. The highest BCUT2D eigenvalue weighted by Gasteiger charge is 2.23. The molecule has 0 N–H and O–H groups in total. The maximum atomic E-state index is 6.27. The van der Waals surface area contributed by atoms with Gasteiger partial charge < -0.3 is 9.30 Å². The standard InChI is InChI=1S/C30H29N3O/c1-20-15-25-17-22(23-7-9-29-28(18-23)32-19-33(29)2)8-10-30(25)34-14-12-21(20)16-24-11-13-31-27-6-4-3-5-26(24)27/h3-11,13,17-21H,12,14-16H2,1-2H3. The van der Waals surface area contributed by atoms with Gasteiger partial charge in [0.05, 0.1) is 29.5 Å². The maximum Gasteiger partial charge on any atom is 0.122 e. The largest absolute Gasteiger partial charge is 0.493 e. The van der Waals surface area contributed by atoms with Crippen molar-refractivity contribution in [1.29, 1.82) is 0 Å². The lowest BCUT2D eigenvalue weighted by atomic mass is 9.80. The van der Waals surface area contributed by atoms with Crippen molar-refractivity contribution in [3.8, 4) is 16.9 Å². The quantitative estimate of drug-likeness (QED) is 0.312. The second-order valence-corrected chi connectivity index (χ2v) is 9.65. The Morgan fingerprint density at radius 2 is 1.79 bits per heavy atom. The minimum absolute atomic E-state index is 0.558. The maximum absolute atomic E-state index is 6.27. The van der Waals surface area contributed by atoms with E-state index in [0.29, 0.717) is 11.8 Å². The SMILES string of the molecule is CC1Cc2cc(-c3ccc4c(c3)ncn4C)ccc2OCCC1Cc1ccnc2ccccc12. The molecule has 0 amide bonds. The summed E-state index contributed by atoms with van der Waals surface area (Å²) in [5.41, 5.74) is 8.37. The van der Waals surface area contributed by atoms with E-state index in [2.05, 4.69) is 88.2 Å². The lowest BCUT2D eigenvalue weighted by Crippen LogP contribution is -2.22. The van der Waals surface area contributed by atoms with E-state index >= 15 is 0 Å². The third-order valence-corrected chi connectivity index (χ3v) is 7.43. The average Bonchev–Trinajstić information content (AvgIpc) is 3.23. The van der Waals surface area contributed by atoms with E-state index in [0.717, 1.165) is 48.2 Å². The number of imidazole rings is 1. The van der Waals surface area contributed by atoms with Crippen molar-refractivity contribution in [3.05, 3.63) is 90.4 Å². The molecule has 34 heavy (non-hydrogen) atoms. The summed E-state index contributed by atoms with van der Waals surface area (Å²) in [5, 5.41) is 1.27. The summed E-state index contributed by atoms with van der Waals surface area (Å²) in [5.74, 6) is 2.15. The summed E-state index contributed by atoms with van der Waals surface area (Å²) in [7, 11) is 2.03. The third kappa shape index (κ3) is 3.83. The first-order valence-corrected chi connectivity index (χ1v) is 12.2. The zero-order valence-corrected chi connectivity index (χ0v) is 19.7. The van der Waals surface area contributed by atoms with Crippen LogP contribution < -0.4 is 4.74 Å². The minimum atomic E-state index is 0.558. The minimum Gasteiger partial charge on any atom is -0.493 e. The van der Waals surface area contributed by atoms with Crippen molar-refractivity contribution in [3.63, 3.8) is 0 Å². The van der Waals surface area contributed by atoms with Gasteiger partial charge >= 0.3 is 0 Å². The van der Waals surface area contributed by atoms with Crippen molar-refractivity contribution < 1.29 is 4.74 Å². The normalized spacial score (nSPS) is 18.3. The molecule has 0 bridgehead atoms. The van der Waals surface area contributed by atoms with Crippen LogP contribution in [0.3, 0.4) is 0 Å². The first kappa shape index (κ1) is 20.9. The zero-order valence-electron chi connectivity index (χ0n) is 19.7. The van der Waals surface area contributed by atoms with E-state index in [4.69, 9.17) is 4.74 Å². The van der Waals surface area contributed by atoms with Crippen LogP contribution >= 0.6 is 0 Å². The summed E-state index contributed by atoms with van der Waals surface area (Å²) in [6.07, 6.45) is 6.95. The lowest BCUT2D eigenvalue weighted by Gasteiger charge is -2.28. The van der Waals surface area contributed by atoms with Gasteiger partial charge in [-0.15, -0.1) is 0 Å². The van der Waals surface area contributed by atoms with Gasteiger partial charge in [0.2, 0.25) is 0 Å². The van der Waals surface area contributed by atoms with E-state index in [1.807, 2.05) is 19.6 Å². The average molecular weight is 448 g/mol. The number of fused-ring (bicyclic) bond motifs is 3. The monoisotopic (exact) mass is 447 g/mol. The molecule has 6 rings (SSSR count). The molecule has 5 aromatic rings. The molecule has 0 fully saturated rings. The van der Waals surface area contributed by atoms with Gasteiger partial charge in [-0.2, -0.15) is 0 Å². The molecule has 4 nitrogen and oxygen atoms in total. The van der Waals surface area contributed by atoms with Gasteiger partial charge in [-0.05, 0) is 89.8 Å². The van der Waals surface area contributed by atoms with Crippen LogP contribution in [-0.2, 0) is 19.9 Å². The van der Waals surface area contributed by atoms with Crippen molar-refractivity contribution in [2.24, 2.45) is 18.9 Å². The molecule has 1 aliphatic heterocycles. The second kappa shape index (κ2) is 8.60. The summed E-state index contributed by atoms with van der Waals surface area (Å²) in [6.45, 7) is 3.15. The lowest BCUT2D eigenvalue weighted by molar-refractivity contribution is 0.222. The molecule has 0 aliphatic carbocycles. The summed E-state index contributed by atoms with van der Waals surface area (Å²) in [4.78, 5) is 9.08. The van der Waals surface area contributed by atoms with Gasteiger partial charge in [0.1, 0.15) is 5.75 Å². The Kier molecular flexibility index (Phi) is 5.29. The number of aromatic nitrogens is 3. The van der Waals surface area contributed by atoms with Gasteiger partial charge in [0.15, 0.2) is 0 Å². The van der Waals surface area contributed by atoms with Crippen molar-refractivity contribution in [2.45, 2.75) is 26.2 Å². The Morgan fingerprint density at radius 3 is 2.74 bits per heavy atom. The predicted octanol–water partition coefficient (Wildman–Crippen LogP) is 6.61. The predicted molar refractivity (Wildman–Crippen MR) is 138 cm³/mol. The molecule has 170 valence electrons. The smallest absolute Gasteiger partial charge is 0.122 e. The van der Waals surface area contributed by atoms with Crippen LogP contribution in [0.2, 0.25) is 0 Å². The molecule has 3 heterocycles. The number of benzene rings is 3. The Morgan fingerprint density at radius 1 is 0.941 bits per heavy atom. The number of rotatable bonds is 3. The number of aryl methyl sites for hydroxylation is 1. The number of hydrogen-bond donors (Lipinski definition) is 0. The Hall–Kier alpha value is -3.66. The number of para-hydroxylation sites is 1. The number of pyridine rings is 1.